The second-order valence-corrected chi connectivity index (χ2v) is 5.75. The maximum atomic E-state index is 13.0. The molecule has 1 aromatic rings. The second kappa shape index (κ2) is 7.94. The summed E-state index contributed by atoms with van der Waals surface area (Å²) in [6, 6.07) is 4.35. The number of benzene rings is 1. The number of nitrogens with zero attached hydrogens (tertiary/aromatic N) is 1. The average molecular weight is 336 g/mol. The number of likely N-dealkylation sites (tertiary alicyclic amines) is 1. The van der Waals surface area contributed by atoms with Gasteiger partial charge in [-0.05, 0) is 30.5 Å². The van der Waals surface area contributed by atoms with E-state index in [1.54, 1.807) is 0 Å². The summed E-state index contributed by atoms with van der Waals surface area (Å²) >= 11 is 5.67. The Labute approximate surface area is 135 Å². The molecule has 4 nitrogen and oxygen atoms in total. The molecule has 1 saturated heterocycles. The van der Waals surface area contributed by atoms with E-state index < -0.39 is 5.82 Å². The van der Waals surface area contributed by atoms with Crippen LogP contribution in [0.2, 0.25) is 5.02 Å². The van der Waals surface area contributed by atoms with E-state index in [2.05, 4.69) is 17.1 Å². The number of carbonyl (C=O) groups is 1. The largest absolute Gasteiger partial charge is 0.327 e. The van der Waals surface area contributed by atoms with Gasteiger partial charge in [0.1, 0.15) is 5.82 Å². The predicted octanol–water partition coefficient (Wildman–Crippen LogP) is 2.51. The number of carbonyl (C=O) groups excluding carboxylic acids is 1. The number of rotatable bonds is 3. The first-order valence-corrected chi connectivity index (χ1v) is 7.06. The summed E-state index contributed by atoms with van der Waals surface area (Å²) in [7, 11) is 0. The van der Waals surface area contributed by atoms with Crippen LogP contribution in [0.5, 0.6) is 0 Å². The number of nitrogens with two attached hydrogens (primary N) is 1. The van der Waals surface area contributed by atoms with Gasteiger partial charge in [-0.1, -0.05) is 18.5 Å². The molecule has 2 rings (SSSR count). The summed E-state index contributed by atoms with van der Waals surface area (Å²) in [5.41, 5.74) is 6.45. The van der Waals surface area contributed by atoms with Gasteiger partial charge in [0, 0.05) is 24.8 Å². The molecule has 0 radical (unpaired) electrons. The first-order chi connectivity index (χ1) is 9.45. The lowest BCUT2D eigenvalue weighted by Crippen LogP contribution is -2.48. The molecular weight excluding hydrogens is 316 g/mol. The lowest BCUT2D eigenvalue weighted by molar-refractivity contribution is -0.117. The van der Waals surface area contributed by atoms with Crippen LogP contribution in [0.25, 0.3) is 0 Å². The maximum absolute atomic E-state index is 13.0. The van der Waals surface area contributed by atoms with Gasteiger partial charge >= 0.3 is 0 Å². The average Bonchev–Trinajstić information content (AvgIpc) is 2.38. The molecule has 1 aliphatic heterocycles. The van der Waals surface area contributed by atoms with Gasteiger partial charge in [0.25, 0.3) is 0 Å². The van der Waals surface area contributed by atoms with Crippen LogP contribution in [0.15, 0.2) is 18.2 Å². The fourth-order valence-corrected chi connectivity index (χ4v) is 2.55. The molecule has 0 saturated carbocycles. The zero-order chi connectivity index (χ0) is 14.7. The standard InChI is InChI=1S/C14H19ClFN3O.ClH/c1-9-7-19(5-4-13(9)17)8-14(20)18-10-2-3-12(16)11(15)6-10;/h2-3,6,9,13H,4-5,7-8,17H2,1H3,(H,18,20);1H. The van der Waals surface area contributed by atoms with Gasteiger partial charge in [0.15, 0.2) is 0 Å². The van der Waals surface area contributed by atoms with Crippen molar-refractivity contribution in [3.05, 3.63) is 29.0 Å². The topological polar surface area (TPSA) is 58.4 Å². The number of halogens is 3. The van der Waals surface area contributed by atoms with E-state index in [9.17, 15) is 9.18 Å². The highest BCUT2D eigenvalue weighted by Crippen LogP contribution is 2.19. The Hall–Kier alpha value is -0.880. The van der Waals surface area contributed by atoms with E-state index in [-0.39, 0.29) is 29.4 Å². The SMILES string of the molecule is CC1CN(CC(=O)Nc2ccc(F)c(Cl)c2)CCC1N.Cl. The molecule has 7 heteroatoms. The molecule has 1 heterocycles. The molecule has 2 unspecified atom stereocenters. The summed E-state index contributed by atoms with van der Waals surface area (Å²) in [5, 5.41) is 2.72. The van der Waals surface area contributed by atoms with E-state index in [4.69, 9.17) is 17.3 Å². The van der Waals surface area contributed by atoms with Gasteiger partial charge in [-0.15, -0.1) is 12.4 Å². The monoisotopic (exact) mass is 335 g/mol. The third-order valence-corrected chi connectivity index (χ3v) is 3.92. The zero-order valence-corrected chi connectivity index (χ0v) is 13.4. The molecule has 0 spiro atoms. The number of hydrogen-bond acceptors (Lipinski definition) is 3. The van der Waals surface area contributed by atoms with Gasteiger partial charge in [-0.25, -0.2) is 4.39 Å². The summed E-state index contributed by atoms with van der Waals surface area (Å²) in [5.74, 6) is -0.240. The molecule has 0 bridgehead atoms. The summed E-state index contributed by atoms with van der Waals surface area (Å²) in [4.78, 5) is 14.0. The van der Waals surface area contributed by atoms with Gasteiger partial charge in [-0.2, -0.15) is 0 Å². The van der Waals surface area contributed by atoms with Crippen LogP contribution in [-0.4, -0.2) is 36.5 Å². The second-order valence-electron chi connectivity index (χ2n) is 5.34. The Morgan fingerprint density at radius 1 is 1.57 bits per heavy atom. The van der Waals surface area contributed by atoms with Gasteiger partial charge < -0.3 is 11.1 Å². The number of amides is 1. The molecule has 1 aromatic carbocycles. The summed E-state index contributed by atoms with van der Waals surface area (Å²) in [6.45, 7) is 4.04. The molecule has 1 aliphatic rings. The quantitative estimate of drug-likeness (QED) is 0.892. The molecule has 1 fully saturated rings. The minimum Gasteiger partial charge on any atom is -0.327 e. The Bertz CT molecular complexity index is 501. The lowest BCUT2D eigenvalue weighted by atomic mass is 9.95. The highest BCUT2D eigenvalue weighted by molar-refractivity contribution is 6.31. The van der Waals surface area contributed by atoms with Gasteiger partial charge in [0.2, 0.25) is 5.91 Å². The van der Waals surface area contributed by atoms with Crippen molar-refractivity contribution < 1.29 is 9.18 Å². The van der Waals surface area contributed by atoms with Crippen molar-refractivity contribution in [3.8, 4) is 0 Å². The van der Waals surface area contributed by atoms with E-state index in [1.165, 1.54) is 18.2 Å². The smallest absolute Gasteiger partial charge is 0.238 e. The van der Waals surface area contributed by atoms with Crippen molar-refractivity contribution in [2.24, 2.45) is 11.7 Å². The number of nitrogens with one attached hydrogen (secondary N) is 1. The van der Waals surface area contributed by atoms with Crippen molar-refractivity contribution in [1.29, 1.82) is 0 Å². The van der Waals surface area contributed by atoms with Crippen molar-refractivity contribution in [1.82, 2.24) is 4.90 Å². The van der Waals surface area contributed by atoms with Crippen molar-refractivity contribution >= 4 is 35.6 Å². The first kappa shape index (κ1) is 18.2. The van der Waals surface area contributed by atoms with E-state index in [0.29, 0.717) is 18.2 Å². The molecule has 0 aliphatic carbocycles. The van der Waals surface area contributed by atoms with Crippen molar-refractivity contribution in [2.45, 2.75) is 19.4 Å². The van der Waals surface area contributed by atoms with E-state index >= 15 is 0 Å². The normalized spacial score (nSPS) is 22.5. The Balaban J connectivity index is 0.00000220. The van der Waals surface area contributed by atoms with Crippen LogP contribution >= 0.6 is 24.0 Å². The maximum Gasteiger partial charge on any atom is 0.238 e. The Morgan fingerprint density at radius 3 is 2.90 bits per heavy atom. The van der Waals surface area contributed by atoms with Crippen LogP contribution < -0.4 is 11.1 Å². The van der Waals surface area contributed by atoms with Crippen LogP contribution in [0.1, 0.15) is 13.3 Å². The molecule has 2 atom stereocenters. The molecule has 118 valence electrons. The minimum atomic E-state index is -0.497. The third-order valence-electron chi connectivity index (χ3n) is 3.63. The highest BCUT2D eigenvalue weighted by atomic mass is 35.5. The molecule has 0 aromatic heterocycles. The number of piperidine rings is 1. The van der Waals surface area contributed by atoms with Crippen LogP contribution in [-0.2, 0) is 4.79 Å². The summed E-state index contributed by atoms with van der Waals surface area (Å²) < 4.78 is 13.0. The zero-order valence-electron chi connectivity index (χ0n) is 11.8. The van der Waals surface area contributed by atoms with Crippen LogP contribution in [0.3, 0.4) is 0 Å². The summed E-state index contributed by atoms with van der Waals surface area (Å²) in [6.07, 6.45) is 0.900. The molecular formula is C14H20Cl2FN3O. The molecule has 3 N–H and O–H groups in total. The predicted molar refractivity (Wildman–Crippen MR) is 85.5 cm³/mol. The molecule has 21 heavy (non-hydrogen) atoms. The lowest BCUT2D eigenvalue weighted by Gasteiger charge is -2.34. The van der Waals surface area contributed by atoms with Crippen molar-refractivity contribution in [3.63, 3.8) is 0 Å². The van der Waals surface area contributed by atoms with Crippen LogP contribution in [0.4, 0.5) is 10.1 Å². The van der Waals surface area contributed by atoms with Crippen molar-refractivity contribution in [2.75, 3.05) is 25.0 Å². The number of hydrogen-bond donors (Lipinski definition) is 2. The van der Waals surface area contributed by atoms with E-state index in [0.717, 1.165) is 19.5 Å². The minimum absolute atomic E-state index is 0. The Morgan fingerprint density at radius 2 is 2.29 bits per heavy atom. The highest BCUT2D eigenvalue weighted by Gasteiger charge is 2.24. The first-order valence-electron chi connectivity index (χ1n) is 6.68. The van der Waals surface area contributed by atoms with Crippen LogP contribution in [0, 0.1) is 11.7 Å². The van der Waals surface area contributed by atoms with E-state index in [1.807, 2.05) is 0 Å². The van der Waals surface area contributed by atoms with Gasteiger partial charge in [-0.3, -0.25) is 9.69 Å². The molecule has 1 amide bonds. The third kappa shape index (κ3) is 5.11. The fourth-order valence-electron chi connectivity index (χ4n) is 2.37. The Kier molecular flexibility index (Phi) is 6.87. The van der Waals surface area contributed by atoms with Gasteiger partial charge in [0.05, 0.1) is 11.6 Å². The fraction of sp³-hybridized carbons (Fsp3) is 0.500. The number of anilines is 1.